The lowest BCUT2D eigenvalue weighted by Gasteiger charge is -2.31. The van der Waals surface area contributed by atoms with Crippen molar-refractivity contribution in [1.29, 1.82) is 0 Å². The highest BCUT2D eigenvalue weighted by molar-refractivity contribution is 7.89. The van der Waals surface area contributed by atoms with Crippen LogP contribution in [0.1, 0.15) is 36.8 Å². The number of hydrogen-bond donors (Lipinski definition) is 1. The van der Waals surface area contributed by atoms with Crippen LogP contribution in [0.4, 0.5) is 4.39 Å². The number of piperidine rings is 1. The molecule has 2 fully saturated rings. The van der Waals surface area contributed by atoms with Crippen LogP contribution in [-0.4, -0.2) is 38.3 Å². The van der Waals surface area contributed by atoms with Gasteiger partial charge in [-0.2, -0.15) is 4.31 Å². The molecule has 160 valence electrons. The molecule has 0 unspecified atom stereocenters. The van der Waals surface area contributed by atoms with Crippen molar-refractivity contribution in [2.45, 2.75) is 42.9 Å². The van der Waals surface area contributed by atoms with Crippen LogP contribution < -0.4 is 5.32 Å². The molecular formula is C23H27FN2O3S. The van der Waals surface area contributed by atoms with E-state index in [0.29, 0.717) is 37.4 Å². The third kappa shape index (κ3) is 4.27. The topological polar surface area (TPSA) is 66.5 Å². The highest BCUT2D eigenvalue weighted by atomic mass is 32.2. The number of hydrogen-bond acceptors (Lipinski definition) is 3. The zero-order valence-corrected chi connectivity index (χ0v) is 17.9. The van der Waals surface area contributed by atoms with E-state index in [4.69, 9.17) is 0 Å². The van der Waals surface area contributed by atoms with Gasteiger partial charge in [0.05, 0.1) is 4.90 Å². The summed E-state index contributed by atoms with van der Waals surface area (Å²) in [6.07, 6.45) is 2.99. The van der Waals surface area contributed by atoms with Gasteiger partial charge in [-0.1, -0.05) is 29.8 Å². The average molecular weight is 431 g/mol. The normalized spacial score (nSPS) is 19.4. The van der Waals surface area contributed by atoms with Crippen molar-refractivity contribution < 1.29 is 17.6 Å². The number of nitrogens with one attached hydrogen (secondary N) is 1. The Hall–Kier alpha value is -2.25. The van der Waals surface area contributed by atoms with Crippen LogP contribution in [0.2, 0.25) is 0 Å². The van der Waals surface area contributed by atoms with Gasteiger partial charge in [-0.3, -0.25) is 4.79 Å². The van der Waals surface area contributed by atoms with E-state index in [2.05, 4.69) is 5.32 Å². The summed E-state index contributed by atoms with van der Waals surface area (Å²) in [5.41, 5.74) is 1.99. The second-order valence-electron chi connectivity index (χ2n) is 8.50. The smallest absolute Gasteiger partial charge is 0.243 e. The molecule has 1 saturated carbocycles. The van der Waals surface area contributed by atoms with Gasteiger partial charge in [-0.15, -0.1) is 0 Å². The van der Waals surface area contributed by atoms with E-state index in [1.807, 2.05) is 6.92 Å². The largest absolute Gasteiger partial charge is 0.355 e. The second-order valence-corrected chi connectivity index (χ2v) is 10.4. The number of rotatable bonds is 6. The first-order chi connectivity index (χ1) is 14.3. The fourth-order valence-corrected chi connectivity index (χ4v) is 5.61. The van der Waals surface area contributed by atoms with E-state index in [0.717, 1.165) is 24.0 Å². The van der Waals surface area contributed by atoms with Gasteiger partial charge >= 0.3 is 0 Å². The summed E-state index contributed by atoms with van der Waals surface area (Å²) >= 11 is 0. The Morgan fingerprint density at radius 1 is 1.07 bits per heavy atom. The number of halogens is 1. The predicted octanol–water partition coefficient (Wildman–Crippen LogP) is 3.38. The Bertz CT molecular complexity index is 1010. The quantitative estimate of drug-likeness (QED) is 0.764. The standard InChI is InChI=1S/C23H27FN2O3S/c1-17-2-8-21(9-3-17)30(28,29)26-14-10-18(11-15-26)22(27)25-16-23(12-13-23)19-4-6-20(24)7-5-19/h2-9,18H,10-16H2,1H3,(H,25,27). The van der Waals surface area contributed by atoms with Gasteiger partial charge < -0.3 is 5.32 Å². The molecule has 1 saturated heterocycles. The minimum absolute atomic E-state index is 0.0178. The van der Waals surface area contributed by atoms with Crippen molar-refractivity contribution >= 4 is 15.9 Å². The van der Waals surface area contributed by atoms with Crippen LogP contribution in [0, 0.1) is 18.7 Å². The molecule has 1 aliphatic heterocycles. The molecule has 0 radical (unpaired) electrons. The van der Waals surface area contributed by atoms with Crippen LogP contribution in [0.25, 0.3) is 0 Å². The summed E-state index contributed by atoms with van der Waals surface area (Å²) in [5, 5.41) is 3.06. The van der Waals surface area contributed by atoms with Crippen molar-refractivity contribution in [2.24, 2.45) is 5.92 Å². The van der Waals surface area contributed by atoms with Gasteiger partial charge in [0.1, 0.15) is 5.82 Å². The van der Waals surface area contributed by atoms with E-state index in [9.17, 15) is 17.6 Å². The molecule has 2 aliphatic rings. The molecule has 5 nitrogen and oxygen atoms in total. The lowest BCUT2D eigenvalue weighted by Crippen LogP contribution is -2.44. The number of aryl methyl sites for hydroxylation is 1. The Labute approximate surface area is 177 Å². The molecule has 0 bridgehead atoms. The molecule has 1 heterocycles. The lowest BCUT2D eigenvalue weighted by molar-refractivity contribution is -0.126. The van der Waals surface area contributed by atoms with Gasteiger partial charge in [0.25, 0.3) is 0 Å². The van der Waals surface area contributed by atoms with Gasteiger partial charge in [0.2, 0.25) is 15.9 Å². The zero-order chi connectivity index (χ0) is 21.4. The maximum atomic E-state index is 13.2. The number of sulfonamides is 1. The Balaban J connectivity index is 1.31. The summed E-state index contributed by atoms with van der Waals surface area (Å²) in [4.78, 5) is 13.0. The summed E-state index contributed by atoms with van der Waals surface area (Å²) in [5.74, 6) is -0.458. The Kier molecular flexibility index (Phi) is 5.68. The van der Waals surface area contributed by atoms with E-state index < -0.39 is 10.0 Å². The molecule has 1 N–H and O–H groups in total. The number of carbonyl (C=O) groups is 1. The van der Waals surface area contributed by atoms with E-state index in [-0.39, 0.29) is 23.1 Å². The molecule has 2 aromatic carbocycles. The van der Waals surface area contributed by atoms with Crippen LogP contribution in [-0.2, 0) is 20.2 Å². The van der Waals surface area contributed by atoms with Crippen LogP contribution in [0.5, 0.6) is 0 Å². The van der Waals surface area contributed by atoms with Crippen molar-refractivity contribution in [1.82, 2.24) is 9.62 Å². The molecule has 4 rings (SSSR count). The zero-order valence-electron chi connectivity index (χ0n) is 17.1. The highest BCUT2D eigenvalue weighted by Crippen LogP contribution is 2.47. The second kappa shape index (κ2) is 8.12. The van der Waals surface area contributed by atoms with Crippen molar-refractivity contribution in [2.75, 3.05) is 19.6 Å². The Morgan fingerprint density at radius 2 is 1.67 bits per heavy atom. The van der Waals surface area contributed by atoms with Crippen molar-refractivity contribution in [3.63, 3.8) is 0 Å². The predicted molar refractivity (Wildman–Crippen MR) is 113 cm³/mol. The van der Waals surface area contributed by atoms with Crippen LogP contribution >= 0.6 is 0 Å². The van der Waals surface area contributed by atoms with Gasteiger partial charge in [-0.25, -0.2) is 12.8 Å². The summed E-state index contributed by atoms with van der Waals surface area (Å²) < 4.78 is 40.3. The van der Waals surface area contributed by atoms with Crippen LogP contribution in [0.3, 0.4) is 0 Å². The van der Waals surface area contributed by atoms with Crippen molar-refractivity contribution in [3.8, 4) is 0 Å². The Morgan fingerprint density at radius 3 is 2.23 bits per heavy atom. The van der Waals surface area contributed by atoms with E-state index in [1.165, 1.54) is 16.4 Å². The highest BCUT2D eigenvalue weighted by Gasteiger charge is 2.44. The molecule has 2 aromatic rings. The first-order valence-electron chi connectivity index (χ1n) is 10.4. The monoisotopic (exact) mass is 430 g/mol. The molecule has 0 spiro atoms. The first kappa shape index (κ1) is 21.0. The number of benzene rings is 2. The fourth-order valence-electron chi connectivity index (χ4n) is 4.14. The maximum Gasteiger partial charge on any atom is 0.243 e. The summed E-state index contributed by atoms with van der Waals surface area (Å²) in [7, 11) is -3.52. The number of amides is 1. The molecule has 7 heteroatoms. The van der Waals surface area contributed by atoms with Crippen molar-refractivity contribution in [3.05, 3.63) is 65.5 Å². The summed E-state index contributed by atoms with van der Waals surface area (Å²) in [6.45, 7) is 3.15. The van der Waals surface area contributed by atoms with Gasteiger partial charge in [-0.05, 0) is 62.4 Å². The minimum atomic E-state index is -3.52. The SMILES string of the molecule is Cc1ccc(S(=O)(=O)N2CCC(C(=O)NCC3(c4ccc(F)cc4)CC3)CC2)cc1. The fraction of sp³-hybridized carbons (Fsp3) is 0.435. The molecule has 0 aromatic heterocycles. The number of nitrogens with zero attached hydrogens (tertiary/aromatic N) is 1. The summed E-state index contributed by atoms with van der Waals surface area (Å²) in [6, 6.07) is 13.4. The van der Waals surface area contributed by atoms with E-state index >= 15 is 0 Å². The molecule has 1 amide bonds. The molecule has 30 heavy (non-hydrogen) atoms. The molecular weight excluding hydrogens is 403 g/mol. The van der Waals surface area contributed by atoms with Crippen LogP contribution in [0.15, 0.2) is 53.4 Å². The first-order valence-corrected chi connectivity index (χ1v) is 11.8. The number of carbonyl (C=O) groups excluding carboxylic acids is 1. The average Bonchev–Trinajstić information content (AvgIpc) is 3.54. The van der Waals surface area contributed by atoms with Gasteiger partial charge in [0, 0.05) is 31.0 Å². The maximum absolute atomic E-state index is 13.2. The molecule has 1 aliphatic carbocycles. The molecule has 0 atom stereocenters. The van der Waals surface area contributed by atoms with E-state index in [1.54, 1.807) is 36.4 Å². The third-order valence-corrected chi connectivity index (χ3v) is 8.31. The van der Waals surface area contributed by atoms with Gasteiger partial charge in [0.15, 0.2) is 0 Å². The lowest BCUT2D eigenvalue weighted by atomic mass is 9.94. The minimum Gasteiger partial charge on any atom is -0.355 e. The third-order valence-electron chi connectivity index (χ3n) is 6.39.